The average molecular weight is 223 g/mol. The molecule has 0 saturated carbocycles. The Kier molecular flexibility index (Phi) is 1.76. The van der Waals surface area contributed by atoms with Gasteiger partial charge in [-0.2, -0.15) is 0 Å². The Labute approximate surface area is 80.6 Å². The van der Waals surface area contributed by atoms with E-state index in [-0.39, 0.29) is 0 Å². The molecule has 2 nitrogen and oxygen atoms in total. The summed E-state index contributed by atoms with van der Waals surface area (Å²) in [7, 11) is 0. The van der Waals surface area contributed by atoms with Gasteiger partial charge in [-0.1, -0.05) is 4.56 Å². The summed E-state index contributed by atoms with van der Waals surface area (Å²) in [6.07, 6.45) is 0. The summed E-state index contributed by atoms with van der Waals surface area (Å²) < 4.78 is 1.93. The normalized spacial score (nSPS) is 10.6. The standard InChI is InChI=1S/C7H4BrN2.Al/c8-7-2-1-5-6(10-7)3-4-9-5;/h1-3,9H;. The number of hydrogen-bond donors (Lipinski definition) is 1. The topological polar surface area (TPSA) is 28.7 Å². The van der Waals surface area contributed by atoms with Crippen LogP contribution in [-0.4, -0.2) is 26.3 Å². The molecule has 0 spiro atoms. The zero-order valence-corrected chi connectivity index (χ0v) is 8.38. The molecule has 0 aliphatic rings. The first kappa shape index (κ1) is 7.36. The fourth-order valence-electron chi connectivity index (χ4n) is 1.00. The van der Waals surface area contributed by atoms with Crippen molar-refractivity contribution in [3.8, 4) is 0 Å². The third-order valence-electron chi connectivity index (χ3n) is 1.46. The molecule has 2 heterocycles. The van der Waals surface area contributed by atoms with Crippen molar-refractivity contribution in [3.63, 3.8) is 0 Å². The Balaban J connectivity index is 2.82. The molecule has 2 aromatic heterocycles. The lowest BCUT2D eigenvalue weighted by atomic mass is 10.4. The second-order valence-corrected chi connectivity index (χ2v) is 3.73. The third kappa shape index (κ3) is 1.34. The SMILES string of the molecule is [Al][c]1cc2nc(Br)ccc2[nH]1. The lowest BCUT2D eigenvalue weighted by molar-refractivity contribution is 1.35. The van der Waals surface area contributed by atoms with Gasteiger partial charge in [0.25, 0.3) is 0 Å². The van der Waals surface area contributed by atoms with Crippen LogP contribution in [-0.2, 0) is 0 Å². The van der Waals surface area contributed by atoms with E-state index in [4.69, 9.17) is 0 Å². The molecule has 0 amide bonds. The van der Waals surface area contributed by atoms with Gasteiger partial charge in [0.2, 0.25) is 16.3 Å². The quantitative estimate of drug-likeness (QED) is 0.526. The third-order valence-corrected chi connectivity index (χ3v) is 2.21. The largest absolute Gasteiger partial charge is 0.376 e. The van der Waals surface area contributed by atoms with Gasteiger partial charge in [-0.15, -0.1) is 0 Å². The van der Waals surface area contributed by atoms with E-state index in [1.54, 1.807) is 0 Å². The first-order valence-corrected chi connectivity index (χ1v) is 4.53. The summed E-state index contributed by atoms with van der Waals surface area (Å²) in [5, 5.41) is 0. The molecule has 0 saturated heterocycles. The molecule has 52 valence electrons. The molecule has 2 aromatic rings. The first-order valence-electron chi connectivity index (χ1n) is 3.16. The zero-order valence-electron chi connectivity index (χ0n) is 5.63. The molecule has 0 bridgehead atoms. The molecule has 2 rings (SSSR count). The van der Waals surface area contributed by atoms with Gasteiger partial charge in [0.05, 0.1) is 11.0 Å². The van der Waals surface area contributed by atoms with E-state index in [0.29, 0.717) is 0 Å². The van der Waals surface area contributed by atoms with E-state index in [1.165, 1.54) is 0 Å². The second-order valence-electron chi connectivity index (χ2n) is 2.29. The maximum Gasteiger partial charge on any atom is 0.205 e. The highest BCUT2D eigenvalue weighted by Crippen LogP contribution is 2.12. The minimum atomic E-state index is 0.869. The molecule has 11 heavy (non-hydrogen) atoms. The lowest BCUT2D eigenvalue weighted by Gasteiger charge is -1.88. The highest BCUT2D eigenvalue weighted by atomic mass is 79.9. The fourth-order valence-corrected chi connectivity index (χ4v) is 1.64. The molecular weight excluding hydrogens is 219 g/mol. The zero-order chi connectivity index (χ0) is 7.84. The van der Waals surface area contributed by atoms with Gasteiger partial charge in [-0.3, -0.25) is 0 Å². The summed E-state index contributed by atoms with van der Waals surface area (Å²) >= 11 is 5.92. The van der Waals surface area contributed by atoms with Crippen molar-refractivity contribution in [1.82, 2.24) is 9.97 Å². The van der Waals surface area contributed by atoms with E-state index >= 15 is 0 Å². The van der Waals surface area contributed by atoms with Crippen LogP contribution >= 0.6 is 15.9 Å². The van der Waals surface area contributed by atoms with Crippen LogP contribution in [0, 0.1) is 0 Å². The monoisotopic (exact) mass is 222 g/mol. The minimum Gasteiger partial charge on any atom is -0.376 e. The number of hydrogen-bond acceptors (Lipinski definition) is 1. The summed E-state index contributed by atoms with van der Waals surface area (Å²) in [6, 6.07) is 5.91. The number of pyridine rings is 1. The number of H-pyrrole nitrogens is 1. The van der Waals surface area contributed by atoms with Gasteiger partial charge < -0.3 is 4.98 Å². The summed E-state index contributed by atoms with van der Waals surface area (Å²) in [6.45, 7) is 0. The molecule has 0 aromatic carbocycles. The molecule has 0 aliphatic heterocycles. The number of aromatic nitrogens is 2. The van der Waals surface area contributed by atoms with E-state index in [1.807, 2.05) is 18.2 Å². The number of halogens is 1. The van der Waals surface area contributed by atoms with Crippen LogP contribution in [0.1, 0.15) is 0 Å². The maximum atomic E-state index is 4.27. The van der Waals surface area contributed by atoms with E-state index in [0.717, 1.165) is 20.2 Å². The van der Waals surface area contributed by atoms with E-state index in [2.05, 4.69) is 42.2 Å². The van der Waals surface area contributed by atoms with Gasteiger partial charge in [-0.05, 0) is 34.1 Å². The Hall–Kier alpha value is -0.298. The predicted octanol–water partition coefficient (Wildman–Crippen LogP) is 1.12. The fraction of sp³-hybridized carbons (Fsp3) is 0. The van der Waals surface area contributed by atoms with Crippen molar-refractivity contribution in [1.29, 1.82) is 0 Å². The molecule has 2 radical (unpaired) electrons. The van der Waals surface area contributed by atoms with Gasteiger partial charge in [0.1, 0.15) is 4.60 Å². The van der Waals surface area contributed by atoms with Gasteiger partial charge in [-0.25, -0.2) is 4.98 Å². The van der Waals surface area contributed by atoms with Gasteiger partial charge in [0.15, 0.2) is 0 Å². The predicted molar refractivity (Wildman–Crippen MR) is 49.2 cm³/mol. The second kappa shape index (κ2) is 2.63. The number of nitrogens with zero attached hydrogens (tertiary/aromatic N) is 1. The minimum absolute atomic E-state index is 0.869. The molecular formula is C7H4AlBrN2. The first-order chi connectivity index (χ1) is 5.25. The Morgan fingerprint density at radius 2 is 2.27 bits per heavy atom. The molecule has 1 N–H and O–H groups in total. The highest BCUT2D eigenvalue weighted by molar-refractivity contribution is 9.10. The van der Waals surface area contributed by atoms with Crippen molar-refractivity contribution in [2.24, 2.45) is 0 Å². The maximum absolute atomic E-state index is 4.27. The van der Waals surface area contributed by atoms with Gasteiger partial charge in [0, 0.05) is 0 Å². The summed E-state index contributed by atoms with van der Waals surface area (Å²) in [4.78, 5) is 7.43. The van der Waals surface area contributed by atoms with Crippen LogP contribution < -0.4 is 4.56 Å². The number of aromatic amines is 1. The van der Waals surface area contributed by atoms with Crippen LogP contribution in [0.2, 0.25) is 0 Å². The number of fused-ring (bicyclic) bond motifs is 1. The molecule has 0 unspecified atom stereocenters. The van der Waals surface area contributed by atoms with Crippen molar-refractivity contribution < 1.29 is 0 Å². The number of nitrogens with one attached hydrogen (secondary N) is 1. The molecule has 4 heteroatoms. The number of rotatable bonds is 0. The lowest BCUT2D eigenvalue weighted by Crippen LogP contribution is -1.99. The summed E-state index contributed by atoms with van der Waals surface area (Å²) in [5.41, 5.74) is 2.06. The molecule has 0 aliphatic carbocycles. The summed E-state index contributed by atoms with van der Waals surface area (Å²) in [5.74, 6) is 0. The molecule has 0 atom stereocenters. The van der Waals surface area contributed by atoms with Crippen molar-refractivity contribution in [2.45, 2.75) is 0 Å². The van der Waals surface area contributed by atoms with E-state index < -0.39 is 0 Å². The smallest absolute Gasteiger partial charge is 0.205 e. The highest BCUT2D eigenvalue weighted by Gasteiger charge is 1.96. The van der Waals surface area contributed by atoms with Crippen LogP contribution in [0.25, 0.3) is 11.0 Å². The van der Waals surface area contributed by atoms with Crippen molar-refractivity contribution >= 4 is 47.8 Å². The Morgan fingerprint density at radius 3 is 3.09 bits per heavy atom. The van der Waals surface area contributed by atoms with Crippen LogP contribution in [0.15, 0.2) is 22.8 Å². The van der Waals surface area contributed by atoms with Crippen molar-refractivity contribution in [2.75, 3.05) is 0 Å². The van der Waals surface area contributed by atoms with Crippen LogP contribution in [0.3, 0.4) is 0 Å². The van der Waals surface area contributed by atoms with Crippen LogP contribution in [0.5, 0.6) is 0 Å². The molecule has 0 fully saturated rings. The van der Waals surface area contributed by atoms with E-state index in [9.17, 15) is 0 Å². The Morgan fingerprint density at radius 1 is 1.45 bits per heavy atom. The van der Waals surface area contributed by atoms with Crippen LogP contribution in [0.4, 0.5) is 0 Å². The Bertz CT molecular complexity index is 396. The van der Waals surface area contributed by atoms with Gasteiger partial charge >= 0.3 is 0 Å². The average Bonchev–Trinajstić information content (AvgIpc) is 2.27. The van der Waals surface area contributed by atoms with Crippen molar-refractivity contribution in [3.05, 3.63) is 22.8 Å².